The number of ketones is 1. The van der Waals surface area contributed by atoms with Gasteiger partial charge in [-0.15, -0.1) is 11.3 Å². The average molecular weight is 408 g/mol. The lowest BCUT2D eigenvalue weighted by atomic mass is 10.1. The van der Waals surface area contributed by atoms with E-state index in [0.717, 1.165) is 21.8 Å². The van der Waals surface area contributed by atoms with Crippen LogP contribution in [0.3, 0.4) is 0 Å². The van der Waals surface area contributed by atoms with E-state index in [0.29, 0.717) is 29.4 Å². The molecular formula is C23H20O5S. The molecule has 29 heavy (non-hydrogen) atoms. The highest BCUT2D eigenvalue weighted by Gasteiger charge is 2.25. The Morgan fingerprint density at radius 2 is 1.90 bits per heavy atom. The van der Waals surface area contributed by atoms with Crippen LogP contribution in [0.4, 0.5) is 0 Å². The molecule has 0 saturated heterocycles. The van der Waals surface area contributed by atoms with Crippen molar-refractivity contribution < 1.29 is 23.8 Å². The maximum absolute atomic E-state index is 12.6. The summed E-state index contributed by atoms with van der Waals surface area (Å²) in [6.07, 6.45) is -0.886. The van der Waals surface area contributed by atoms with Gasteiger partial charge in [-0.25, -0.2) is 4.79 Å². The highest BCUT2D eigenvalue weighted by molar-refractivity contribution is 7.17. The summed E-state index contributed by atoms with van der Waals surface area (Å²) in [6.45, 7) is 4.45. The molecule has 3 aromatic rings. The highest BCUT2D eigenvalue weighted by atomic mass is 32.1. The molecule has 1 aromatic heterocycles. The van der Waals surface area contributed by atoms with Crippen molar-refractivity contribution in [2.24, 2.45) is 0 Å². The summed E-state index contributed by atoms with van der Waals surface area (Å²) in [4.78, 5) is 26.7. The molecule has 5 nitrogen and oxygen atoms in total. The number of Topliss-reactive ketones (excluding diaryl/α,β-unsaturated/α-hetero) is 1. The first-order valence-electron chi connectivity index (χ1n) is 9.39. The van der Waals surface area contributed by atoms with Crippen LogP contribution in [0, 0.1) is 0 Å². The van der Waals surface area contributed by atoms with Crippen molar-refractivity contribution in [1.29, 1.82) is 0 Å². The second-order valence-electron chi connectivity index (χ2n) is 6.62. The second kappa shape index (κ2) is 8.09. The predicted molar refractivity (Wildman–Crippen MR) is 111 cm³/mol. The summed E-state index contributed by atoms with van der Waals surface area (Å²) >= 11 is 1.36. The van der Waals surface area contributed by atoms with Gasteiger partial charge in [0.05, 0.1) is 6.61 Å². The Labute approximate surface area is 172 Å². The van der Waals surface area contributed by atoms with E-state index in [1.165, 1.54) is 11.3 Å². The summed E-state index contributed by atoms with van der Waals surface area (Å²) in [7, 11) is 0. The molecule has 1 atom stereocenters. The standard InChI is InChI=1S/C23H20O5S/c1-3-26-17-10-8-15(9-11-17)21(24)14(2)28-23(25)20-12-16-13-27-19-7-5-4-6-18(19)22(16)29-20/h4-12,14H,3,13H2,1-2H3/t14-/m0/s1. The second-order valence-corrected chi connectivity index (χ2v) is 7.67. The Morgan fingerprint density at radius 3 is 2.66 bits per heavy atom. The zero-order valence-electron chi connectivity index (χ0n) is 16.1. The van der Waals surface area contributed by atoms with Crippen molar-refractivity contribution >= 4 is 23.1 Å². The van der Waals surface area contributed by atoms with Crippen molar-refractivity contribution in [3.05, 3.63) is 70.6 Å². The van der Waals surface area contributed by atoms with Gasteiger partial charge in [0, 0.05) is 21.6 Å². The van der Waals surface area contributed by atoms with Crippen molar-refractivity contribution in [3.8, 4) is 21.9 Å². The molecule has 0 saturated carbocycles. The lowest BCUT2D eigenvalue weighted by Gasteiger charge is -2.16. The van der Waals surface area contributed by atoms with E-state index in [1.54, 1.807) is 37.3 Å². The molecule has 1 aliphatic rings. The summed E-state index contributed by atoms with van der Waals surface area (Å²) in [5.74, 6) is 0.742. The number of para-hydroxylation sites is 1. The van der Waals surface area contributed by atoms with Crippen molar-refractivity contribution in [2.45, 2.75) is 26.6 Å². The fourth-order valence-corrected chi connectivity index (χ4v) is 4.27. The van der Waals surface area contributed by atoms with E-state index in [9.17, 15) is 9.59 Å². The van der Waals surface area contributed by atoms with E-state index in [-0.39, 0.29) is 5.78 Å². The fraction of sp³-hybridized carbons (Fsp3) is 0.217. The topological polar surface area (TPSA) is 61.8 Å². The SMILES string of the molecule is CCOc1ccc(C(=O)[C@H](C)OC(=O)c2cc3c(s2)-c2ccccc2OC3)cc1. The summed E-state index contributed by atoms with van der Waals surface area (Å²) in [5.41, 5.74) is 2.39. The molecule has 0 spiro atoms. The average Bonchev–Trinajstić information content (AvgIpc) is 3.19. The molecule has 6 heteroatoms. The number of carbonyl (C=O) groups excluding carboxylic acids is 2. The molecule has 0 unspecified atom stereocenters. The predicted octanol–water partition coefficient (Wildman–Crippen LogP) is 5.13. The maximum atomic E-state index is 12.6. The third-order valence-corrected chi connectivity index (χ3v) is 5.82. The Morgan fingerprint density at radius 1 is 1.14 bits per heavy atom. The molecule has 2 heterocycles. The third kappa shape index (κ3) is 3.89. The van der Waals surface area contributed by atoms with Gasteiger partial charge in [-0.1, -0.05) is 12.1 Å². The Kier molecular flexibility index (Phi) is 5.36. The van der Waals surface area contributed by atoms with Crippen LogP contribution < -0.4 is 9.47 Å². The lowest BCUT2D eigenvalue weighted by Crippen LogP contribution is -2.24. The van der Waals surface area contributed by atoms with Crippen LogP contribution in [-0.2, 0) is 11.3 Å². The molecule has 0 fully saturated rings. The Hall–Kier alpha value is -3.12. The summed E-state index contributed by atoms with van der Waals surface area (Å²) in [5, 5.41) is 0. The number of rotatable bonds is 6. The van der Waals surface area contributed by atoms with Crippen molar-refractivity contribution in [3.63, 3.8) is 0 Å². The first kappa shape index (κ1) is 19.2. The number of ether oxygens (including phenoxy) is 3. The first-order chi connectivity index (χ1) is 14.1. The van der Waals surface area contributed by atoms with E-state index in [2.05, 4.69) is 0 Å². The van der Waals surface area contributed by atoms with Crippen LogP contribution >= 0.6 is 11.3 Å². The van der Waals surface area contributed by atoms with Gasteiger partial charge < -0.3 is 14.2 Å². The molecule has 4 rings (SSSR count). The van der Waals surface area contributed by atoms with Gasteiger partial charge in [0.2, 0.25) is 5.78 Å². The molecule has 0 bridgehead atoms. The lowest BCUT2D eigenvalue weighted by molar-refractivity contribution is 0.0323. The normalized spacial score (nSPS) is 12.9. The molecule has 1 aliphatic heterocycles. The van der Waals surface area contributed by atoms with E-state index >= 15 is 0 Å². The minimum absolute atomic E-state index is 0.253. The van der Waals surface area contributed by atoms with Crippen LogP contribution in [0.1, 0.15) is 39.4 Å². The molecule has 0 aliphatic carbocycles. The molecule has 0 N–H and O–H groups in total. The third-order valence-electron chi connectivity index (χ3n) is 4.63. The molecular weight excluding hydrogens is 388 g/mol. The minimum Gasteiger partial charge on any atom is -0.494 e. The van der Waals surface area contributed by atoms with Crippen LogP contribution in [0.5, 0.6) is 11.5 Å². The maximum Gasteiger partial charge on any atom is 0.349 e. The number of carbonyl (C=O) groups is 2. The number of hydrogen-bond donors (Lipinski definition) is 0. The van der Waals surface area contributed by atoms with Gasteiger partial charge in [0.15, 0.2) is 6.10 Å². The number of fused-ring (bicyclic) bond motifs is 3. The monoisotopic (exact) mass is 408 g/mol. The van der Waals surface area contributed by atoms with Gasteiger partial charge in [-0.05, 0) is 56.3 Å². The van der Waals surface area contributed by atoms with Gasteiger partial charge in [0.1, 0.15) is 23.0 Å². The van der Waals surface area contributed by atoms with E-state index in [4.69, 9.17) is 14.2 Å². The zero-order chi connectivity index (χ0) is 20.4. The van der Waals surface area contributed by atoms with Crippen molar-refractivity contribution in [1.82, 2.24) is 0 Å². The fourth-order valence-electron chi connectivity index (χ4n) is 3.19. The van der Waals surface area contributed by atoms with Crippen LogP contribution in [0.25, 0.3) is 10.4 Å². The number of esters is 1. The smallest absolute Gasteiger partial charge is 0.349 e. The summed E-state index contributed by atoms with van der Waals surface area (Å²) < 4.78 is 16.6. The quantitative estimate of drug-likeness (QED) is 0.418. The molecule has 2 aromatic carbocycles. The van der Waals surface area contributed by atoms with Crippen LogP contribution in [-0.4, -0.2) is 24.5 Å². The van der Waals surface area contributed by atoms with E-state index < -0.39 is 12.1 Å². The minimum atomic E-state index is -0.886. The van der Waals surface area contributed by atoms with Gasteiger partial charge >= 0.3 is 5.97 Å². The first-order valence-corrected chi connectivity index (χ1v) is 10.2. The zero-order valence-corrected chi connectivity index (χ0v) is 17.0. The van der Waals surface area contributed by atoms with Crippen molar-refractivity contribution in [2.75, 3.05) is 6.61 Å². The van der Waals surface area contributed by atoms with Crippen LogP contribution in [0.2, 0.25) is 0 Å². The van der Waals surface area contributed by atoms with Crippen LogP contribution in [0.15, 0.2) is 54.6 Å². The molecule has 0 amide bonds. The van der Waals surface area contributed by atoms with Gasteiger partial charge in [-0.2, -0.15) is 0 Å². The van der Waals surface area contributed by atoms with Gasteiger partial charge in [0.25, 0.3) is 0 Å². The summed E-state index contributed by atoms with van der Waals surface area (Å²) in [6, 6.07) is 16.3. The largest absolute Gasteiger partial charge is 0.494 e. The molecule has 148 valence electrons. The number of hydrogen-bond acceptors (Lipinski definition) is 6. The van der Waals surface area contributed by atoms with Gasteiger partial charge in [-0.3, -0.25) is 4.79 Å². The Balaban J connectivity index is 1.47. The molecule has 0 radical (unpaired) electrons. The highest BCUT2D eigenvalue weighted by Crippen LogP contribution is 2.42. The Bertz CT molecular complexity index is 1050. The number of benzene rings is 2. The number of thiophene rings is 1. The van der Waals surface area contributed by atoms with E-state index in [1.807, 2.05) is 31.2 Å².